The molecule has 0 aliphatic rings. The maximum atomic E-state index is 13.1. The van der Waals surface area contributed by atoms with E-state index in [1.165, 1.54) is 0 Å². The van der Waals surface area contributed by atoms with Crippen LogP contribution < -0.4 is 0 Å². The number of aryl methyl sites for hydroxylation is 2. The zero-order chi connectivity index (χ0) is 17.4. The Bertz CT molecular complexity index is 918. The summed E-state index contributed by atoms with van der Waals surface area (Å²) < 4.78 is 6.83. The molecule has 1 heterocycles. The predicted octanol–water partition coefficient (Wildman–Crippen LogP) is 6.02. The van der Waals surface area contributed by atoms with E-state index < -0.39 is 0 Å². The summed E-state index contributed by atoms with van der Waals surface area (Å²) in [5.74, 6) is 0.649. The van der Waals surface area contributed by atoms with Crippen LogP contribution in [0.4, 0.5) is 0 Å². The van der Waals surface area contributed by atoms with E-state index >= 15 is 0 Å². The number of phenolic OH excluding ortho intramolecular Hbond substituents is 1. The van der Waals surface area contributed by atoms with Crippen molar-refractivity contribution in [1.29, 1.82) is 0 Å². The van der Waals surface area contributed by atoms with E-state index in [2.05, 4.69) is 38.8 Å². The third kappa shape index (κ3) is 2.91. The average Bonchev–Trinajstić information content (AvgIpc) is 2.95. The first kappa shape index (κ1) is 17.2. The summed E-state index contributed by atoms with van der Waals surface area (Å²) in [7, 11) is 0. The molecule has 1 N–H and O–H groups in total. The third-order valence-electron chi connectivity index (χ3n) is 4.06. The lowest BCUT2D eigenvalue weighted by Gasteiger charge is -2.06. The summed E-state index contributed by atoms with van der Waals surface area (Å²) in [4.78, 5) is 13.1. The van der Waals surface area contributed by atoms with Crippen molar-refractivity contribution in [3.63, 3.8) is 0 Å². The highest BCUT2D eigenvalue weighted by Gasteiger charge is 2.22. The lowest BCUT2D eigenvalue weighted by molar-refractivity contribution is 0.103. The molecule has 5 heteroatoms. The number of phenols is 1. The summed E-state index contributed by atoms with van der Waals surface area (Å²) in [6.07, 6.45) is 1.53. The molecular weight excluding hydrogens is 436 g/mol. The van der Waals surface area contributed by atoms with Crippen LogP contribution in [0.25, 0.3) is 11.0 Å². The Morgan fingerprint density at radius 2 is 1.75 bits per heavy atom. The number of aromatic hydroxyl groups is 1. The molecule has 3 nitrogen and oxygen atoms in total. The first-order valence-corrected chi connectivity index (χ1v) is 9.31. The van der Waals surface area contributed by atoms with Crippen molar-refractivity contribution in [3.8, 4) is 5.75 Å². The summed E-state index contributed by atoms with van der Waals surface area (Å²) >= 11 is 6.56. The molecule has 0 radical (unpaired) electrons. The molecule has 0 fully saturated rings. The van der Waals surface area contributed by atoms with Gasteiger partial charge in [0.25, 0.3) is 0 Å². The fourth-order valence-electron chi connectivity index (χ4n) is 2.75. The molecule has 24 heavy (non-hydrogen) atoms. The molecule has 0 spiro atoms. The second kappa shape index (κ2) is 6.73. The molecule has 1 aromatic heterocycles. The Morgan fingerprint density at radius 3 is 2.33 bits per heavy atom. The predicted molar refractivity (Wildman–Crippen MR) is 102 cm³/mol. The van der Waals surface area contributed by atoms with E-state index in [0.717, 1.165) is 23.0 Å². The van der Waals surface area contributed by atoms with Gasteiger partial charge >= 0.3 is 0 Å². The topological polar surface area (TPSA) is 50.4 Å². The maximum absolute atomic E-state index is 13.1. The first-order chi connectivity index (χ1) is 11.5. The van der Waals surface area contributed by atoms with Gasteiger partial charge in [-0.15, -0.1) is 0 Å². The number of hydrogen-bond donors (Lipinski definition) is 1. The molecule has 0 aliphatic carbocycles. The zero-order valence-corrected chi connectivity index (χ0v) is 16.5. The molecule has 2 aromatic carbocycles. The second-order valence-electron chi connectivity index (χ2n) is 5.56. The van der Waals surface area contributed by atoms with Gasteiger partial charge in [0.15, 0.2) is 5.78 Å². The molecule has 0 bridgehead atoms. The van der Waals surface area contributed by atoms with E-state index in [4.69, 9.17) is 4.42 Å². The van der Waals surface area contributed by atoms with Crippen molar-refractivity contribution in [2.45, 2.75) is 26.7 Å². The van der Waals surface area contributed by atoms with Gasteiger partial charge in [-0.2, -0.15) is 0 Å². The van der Waals surface area contributed by atoms with Gasteiger partial charge in [-0.3, -0.25) is 4.79 Å². The van der Waals surface area contributed by atoms with Gasteiger partial charge in [-0.25, -0.2) is 0 Å². The van der Waals surface area contributed by atoms with Crippen LogP contribution in [0.2, 0.25) is 0 Å². The molecule has 0 atom stereocenters. The van der Waals surface area contributed by atoms with Crippen LogP contribution in [0.3, 0.4) is 0 Å². The van der Waals surface area contributed by atoms with Gasteiger partial charge in [0.1, 0.15) is 17.1 Å². The van der Waals surface area contributed by atoms with E-state index in [0.29, 0.717) is 32.3 Å². The molecule has 0 amide bonds. The minimum Gasteiger partial charge on any atom is -0.506 e. The Morgan fingerprint density at radius 1 is 1.08 bits per heavy atom. The van der Waals surface area contributed by atoms with Crippen molar-refractivity contribution < 1.29 is 14.3 Å². The Hall–Kier alpha value is -1.59. The van der Waals surface area contributed by atoms with Gasteiger partial charge in [0.2, 0.25) is 0 Å². The van der Waals surface area contributed by atoms with Crippen LogP contribution >= 0.6 is 31.9 Å². The number of carbonyl (C=O) groups excluding carboxylic acids is 1. The summed E-state index contributed by atoms with van der Waals surface area (Å²) in [6.45, 7) is 4.05. The van der Waals surface area contributed by atoms with Crippen LogP contribution in [-0.2, 0) is 12.8 Å². The molecule has 0 saturated heterocycles. The largest absolute Gasteiger partial charge is 0.506 e. The van der Waals surface area contributed by atoms with Crippen LogP contribution in [0.5, 0.6) is 5.75 Å². The molecule has 0 unspecified atom stereocenters. The van der Waals surface area contributed by atoms with Crippen LogP contribution in [0.1, 0.15) is 41.1 Å². The Balaban J connectivity index is 2.22. The number of benzene rings is 2. The van der Waals surface area contributed by atoms with Crippen LogP contribution in [0.15, 0.2) is 43.7 Å². The van der Waals surface area contributed by atoms with Crippen LogP contribution in [0, 0.1) is 0 Å². The molecule has 124 valence electrons. The van der Waals surface area contributed by atoms with Gasteiger partial charge in [-0.05, 0) is 68.1 Å². The highest BCUT2D eigenvalue weighted by Crippen LogP contribution is 2.36. The zero-order valence-electron chi connectivity index (χ0n) is 13.3. The lowest BCUT2D eigenvalue weighted by Crippen LogP contribution is -2.04. The molecule has 0 aliphatic heterocycles. The van der Waals surface area contributed by atoms with Crippen molar-refractivity contribution >= 4 is 48.6 Å². The summed E-state index contributed by atoms with van der Waals surface area (Å²) in [6, 6.07) is 9.23. The number of fused-ring (bicyclic) bond motifs is 1. The minimum absolute atomic E-state index is 0.0765. The highest BCUT2D eigenvalue weighted by atomic mass is 79.9. The normalized spacial score (nSPS) is 11.2. The SMILES string of the molecule is CCc1ccc2oc(CC)c(C(=O)c3cc(Br)c(O)c(Br)c3)c2c1. The number of rotatable bonds is 4. The van der Waals surface area contributed by atoms with E-state index in [-0.39, 0.29) is 11.5 Å². The second-order valence-corrected chi connectivity index (χ2v) is 7.26. The van der Waals surface area contributed by atoms with Gasteiger partial charge < -0.3 is 9.52 Å². The fraction of sp³-hybridized carbons (Fsp3) is 0.211. The number of furan rings is 1. The standard InChI is InChI=1S/C19H16Br2O3/c1-3-10-5-6-16-12(7-10)17(15(4-2)24-16)18(22)11-8-13(20)19(23)14(21)9-11/h5-9,23H,3-4H2,1-2H3. The average molecular weight is 452 g/mol. The lowest BCUT2D eigenvalue weighted by atomic mass is 9.98. The summed E-state index contributed by atoms with van der Waals surface area (Å²) in [5, 5.41) is 10.7. The first-order valence-electron chi connectivity index (χ1n) is 7.73. The van der Waals surface area contributed by atoms with Gasteiger partial charge in [0, 0.05) is 17.4 Å². The van der Waals surface area contributed by atoms with Crippen molar-refractivity contribution in [2.75, 3.05) is 0 Å². The van der Waals surface area contributed by atoms with Gasteiger partial charge in [0.05, 0.1) is 14.5 Å². The Kier molecular flexibility index (Phi) is 4.83. The van der Waals surface area contributed by atoms with Crippen molar-refractivity contribution in [3.05, 3.63) is 61.7 Å². The van der Waals surface area contributed by atoms with Crippen molar-refractivity contribution in [2.24, 2.45) is 0 Å². The monoisotopic (exact) mass is 450 g/mol. The third-order valence-corrected chi connectivity index (χ3v) is 5.27. The quantitative estimate of drug-likeness (QED) is 0.493. The van der Waals surface area contributed by atoms with Crippen molar-refractivity contribution in [1.82, 2.24) is 0 Å². The number of hydrogen-bond acceptors (Lipinski definition) is 3. The highest BCUT2D eigenvalue weighted by molar-refractivity contribution is 9.11. The van der Waals surface area contributed by atoms with Crippen LogP contribution in [-0.4, -0.2) is 10.9 Å². The minimum atomic E-state index is -0.111. The van der Waals surface area contributed by atoms with E-state index in [1.54, 1.807) is 12.1 Å². The molecule has 3 aromatic rings. The van der Waals surface area contributed by atoms with E-state index in [1.807, 2.05) is 25.1 Å². The summed E-state index contributed by atoms with van der Waals surface area (Å²) in [5.41, 5.74) is 2.98. The number of ketones is 1. The number of halogens is 2. The Labute approximate surface area is 156 Å². The fourth-order valence-corrected chi connectivity index (χ4v) is 3.94. The molecular formula is C19H16Br2O3. The van der Waals surface area contributed by atoms with E-state index in [9.17, 15) is 9.90 Å². The number of carbonyl (C=O) groups is 1. The molecule has 3 rings (SSSR count). The molecule has 0 saturated carbocycles. The maximum Gasteiger partial charge on any atom is 0.197 e. The van der Waals surface area contributed by atoms with Gasteiger partial charge in [-0.1, -0.05) is 19.9 Å². The smallest absolute Gasteiger partial charge is 0.197 e.